The van der Waals surface area contributed by atoms with Crippen LogP contribution in [0.25, 0.3) is 38.8 Å². The zero-order valence-electron chi connectivity index (χ0n) is 14.3. The third-order valence-electron chi connectivity index (χ3n) is 4.87. The molecule has 0 spiro atoms. The SMILES string of the molecule is c1ccc2nn(-c3cnn4cc(-c5ccn6cncc6c5)cc4c3)cc2c1. The fraction of sp³-hybridized carbons (Fsp3) is 0. The number of nitrogens with zero attached hydrogens (tertiary/aromatic N) is 6. The van der Waals surface area contributed by atoms with Crippen LogP contribution in [0.4, 0.5) is 0 Å². The Balaban J connectivity index is 1.46. The number of imidazole rings is 1. The molecule has 6 heteroatoms. The summed E-state index contributed by atoms with van der Waals surface area (Å²) in [6.45, 7) is 0. The summed E-state index contributed by atoms with van der Waals surface area (Å²) < 4.78 is 5.77. The molecule has 5 aromatic heterocycles. The first kappa shape index (κ1) is 14.3. The van der Waals surface area contributed by atoms with E-state index in [1.54, 1.807) is 6.33 Å². The zero-order chi connectivity index (χ0) is 17.8. The summed E-state index contributed by atoms with van der Waals surface area (Å²) in [4.78, 5) is 4.18. The molecule has 0 aliphatic carbocycles. The highest BCUT2D eigenvalue weighted by molar-refractivity contribution is 5.78. The molecule has 1 aromatic carbocycles. The Morgan fingerprint density at radius 1 is 0.815 bits per heavy atom. The highest BCUT2D eigenvalue weighted by Crippen LogP contribution is 2.24. The van der Waals surface area contributed by atoms with Crippen molar-refractivity contribution in [1.82, 2.24) is 28.8 Å². The van der Waals surface area contributed by atoms with Crippen molar-refractivity contribution < 1.29 is 0 Å². The molecule has 0 aliphatic rings. The monoisotopic (exact) mass is 350 g/mol. The first-order valence-corrected chi connectivity index (χ1v) is 8.69. The normalized spacial score (nSPS) is 11.7. The van der Waals surface area contributed by atoms with E-state index in [-0.39, 0.29) is 0 Å². The maximum absolute atomic E-state index is 4.64. The van der Waals surface area contributed by atoms with Gasteiger partial charge in [-0.1, -0.05) is 18.2 Å². The van der Waals surface area contributed by atoms with Crippen LogP contribution in [0, 0.1) is 0 Å². The quantitative estimate of drug-likeness (QED) is 0.474. The minimum atomic E-state index is 0.939. The van der Waals surface area contributed by atoms with Crippen molar-refractivity contribution in [1.29, 1.82) is 0 Å². The van der Waals surface area contributed by atoms with Gasteiger partial charge in [-0.2, -0.15) is 10.2 Å². The summed E-state index contributed by atoms with van der Waals surface area (Å²) in [5.41, 5.74) is 6.26. The standard InChI is InChI=1S/C21H14N6/c1-2-4-21-16(3-1)12-27(24-21)20-9-18-8-17(13-26(18)23-11-20)15-5-6-25-14-22-10-19(25)7-15/h1-14H. The van der Waals surface area contributed by atoms with Gasteiger partial charge in [0.05, 0.1) is 41.0 Å². The highest BCUT2D eigenvalue weighted by Gasteiger charge is 2.08. The Hall–Kier alpha value is -3.93. The van der Waals surface area contributed by atoms with E-state index in [4.69, 9.17) is 0 Å². The molecular formula is C21H14N6. The fourth-order valence-corrected chi connectivity index (χ4v) is 3.47. The van der Waals surface area contributed by atoms with Gasteiger partial charge in [-0.3, -0.25) is 0 Å². The number of hydrogen-bond donors (Lipinski definition) is 0. The van der Waals surface area contributed by atoms with Gasteiger partial charge in [0.25, 0.3) is 0 Å². The van der Waals surface area contributed by atoms with Crippen molar-refractivity contribution in [3.63, 3.8) is 0 Å². The molecule has 0 saturated heterocycles. The van der Waals surface area contributed by atoms with Crippen LogP contribution in [0.5, 0.6) is 0 Å². The first-order valence-electron chi connectivity index (χ1n) is 8.69. The summed E-state index contributed by atoms with van der Waals surface area (Å²) in [6.07, 6.45) is 11.6. The Labute approximate surface area is 153 Å². The fourth-order valence-electron chi connectivity index (χ4n) is 3.47. The summed E-state index contributed by atoms with van der Waals surface area (Å²) in [6, 6.07) is 16.5. The van der Waals surface area contributed by atoms with Gasteiger partial charge < -0.3 is 4.40 Å². The largest absolute Gasteiger partial charge is 0.306 e. The topological polar surface area (TPSA) is 52.4 Å². The molecule has 0 atom stereocenters. The summed E-state index contributed by atoms with van der Waals surface area (Å²) >= 11 is 0. The lowest BCUT2D eigenvalue weighted by molar-refractivity contribution is 0.859. The van der Waals surface area contributed by atoms with Crippen molar-refractivity contribution in [2.24, 2.45) is 0 Å². The van der Waals surface area contributed by atoms with Gasteiger partial charge >= 0.3 is 0 Å². The van der Waals surface area contributed by atoms with Crippen molar-refractivity contribution in [2.75, 3.05) is 0 Å². The smallest absolute Gasteiger partial charge is 0.0991 e. The van der Waals surface area contributed by atoms with Gasteiger partial charge in [0, 0.05) is 29.5 Å². The molecular weight excluding hydrogens is 336 g/mol. The number of aromatic nitrogens is 6. The third-order valence-corrected chi connectivity index (χ3v) is 4.87. The second-order valence-electron chi connectivity index (χ2n) is 6.59. The lowest BCUT2D eigenvalue weighted by Crippen LogP contribution is -1.98. The van der Waals surface area contributed by atoms with Crippen molar-refractivity contribution in [3.05, 3.63) is 85.8 Å². The number of rotatable bonds is 2. The van der Waals surface area contributed by atoms with E-state index in [9.17, 15) is 0 Å². The van der Waals surface area contributed by atoms with E-state index in [1.165, 1.54) is 0 Å². The van der Waals surface area contributed by atoms with Gasteiger partial charge in [-0.25, -0.2) is 14.2 Å². The van der Waals surface area contributed by atoms with Gasteiger partial charge in [-0.15, -0.1) is 0 Å². The summed E-state index contributed by atoms with van der Waals surface area (Å²) in [5.74, 6) is 0. The van der Waals surface area contributed by atoms with Crippen LogP contribution in [-0.2, 0) is 0 Å². The molecule has 0 amide bonds. The maximum atomic E-state index is 4.64. The minimum Gasteiger partial charge on any atom is -0.306 e. The van der Waals surface area contributed by atoms with Crippen molar-refractivity contribution in [2.45, 2.75) is 0 Å². The average molecular weight is 350 g/mol. The van der Waals surface area contributed by atoms with Gasteiger partial charge in [0.2, 0.25) is 0 Å². The van der Waals surface area contributed by atoms with E-state index in [1.807, 2.05) is 62.8 Å². The molecule has 6 rings (SSSR count). The molecule has 0 fully saturated rings. The Kier molecular flexibility index (Phi) is 2.79. The van der Waals surface area contributed by atoms with Crippen LogP contribution >= 0.6 is 0 Å². The van der Waals surface area contributed by atoms with E-state index < -0.39 is 0 Å². The molecule has 0 aliphatic heterocycles. The lowest BCUT2D eigenvalue weighted by Gasteiger charge is -2.01. The van der Waals surface area contributed by atoms with E-state index in [0.717, 1.165) is 38.8 Å². The predicted octanol–water partition coefficient (Wildman–Crippen LogP) is 3.99. The number of benzene rings is 1. The molecule has 6 aromatic rings. The van der Waals surface area contributed by atoms with Crippen molar-refractivity contribution >= 4 is 21.9 Å². The van der Waals surface area contributed by atoms with Gasteiger partial charge in [0.15, 0.2) is 0 Å². The lowest BCUT2D eigenvalue weighted by atomic mass is 10.1. The number of hydrogen-bond acceptors (Lipinski definition) is 3. The second kappa shape index (κ2) is 5.28. The first-order chi connectivity index (χ1) is 13.3. The van der Waals surface area contributed by atoms with Crippen LogP contribution in [0.15, 0.2) is 85.8 Å². The predicted molar refractivity (Wildman–Crippen MR) is 104 cm³/mol. The Morgan fingerprint density at radius 2 is 1.74 bits per heavy atom. The van der Waals surface area contributed by atoms with Crippen molar-refractivity contribution in [3.8, 4) is 16.8 Å². The summed E-state index contributed by atoms with van der Waals surface area (Å²) in [5, 5.41) is 10.3. The van der Waals surface area contributed by atoms with Crippen LogP contribution < -0.4 is 0 Å². The molecule has 128 valence electrons. The van der Waals surface area contributed by atoms with Crippen LogP contribution in [-0.4, -0.2) is 28.8 Å². The van der Waals surface area contributed by atoms with Crippen LogP contribution in [0.3, 0.4) is 0 Å². The number of fused-ring (bicyclic) bond motifs is 3. The molecule has 27 heavy (non-hydrogen) atoms. The number of pyridine rings is 1. The van der Waals surface area contributed by atoms with Crippen LogP contribution in [0.2, 0.25) is 0 Å². The summed E-state index contributed by atoms with van der Waals surface area (Å²) in [7, 11) is 0. The molecule has 5 heterocycles. The molecule has 6 nitrogen and oxygen atoms in total. The highest BCUT2D eigenvalue weighted by atomic mass is 15.3. The Bertz CT molecular complexity index is 1400. The molecule has 0 radical (unpaired) electrons. The maximum Gasteiger partial charge on any atom is 0.0991 e. The average Bonchev–Trinajstić information content (AvgIpc) is 3.42. The van der Waals surface area contributed by atoms with E-state index >= 15 is 0 Å². The van der Waals surface area contributed by atoms with Gasteiger partial charge in [-0.05, 0) is 35.9 Å². The van der Waals surface area contributed by atoms with E-state index in [0.29, 0.717) is 0 Å². The van der Waals surface area contributed by atoms with Crippen LogP contribution in [0.1, 0.15) is 0 Å². The second-order valence-corrected chi connectivity index (χ2v) is 6.59. The third kappa shape index (κ3) is 2.23. The molecule has 0 unspecified atom stereocenters. The van der Waals surface area contributed by atoms with E-state index in [2.05, 4.69) is 45.5 Å². The zero-order valence-corrected chi connectivity index (χ0v) is 14.3. The minimum absolute atomic E-state index is 0.939. The molecule has 0 saturated carbocycles. The molecule has 0 bridgehead atoms. The Morgan fingerprint density at radius 3 is 2.70 bits per heavy atom. The van der Waals surface area contributed by atoms with Gasteiger partial charge in [0.1, 0.15) is 0 Å². The molecule has 0 N–H and O–H groups in total.